The minimum absolute atomic E-state index is 0.171. The molecule has 0 saturated heterocycles. The number of hydrogen-bond donors (Lipinski definition) is 4. The predicted molar refractivity (Wildman–Crippen MR) is 255 cm³/mol. The van der Waals surface area contributed by atoms with Crippen LogP contribution in [-0.2, 0) is 35.3 Å². The van der Waals surface area contributed by atoms with Crippen LogP contribution in [0.5, 0.6) is 23.0 Å². The summed E-state index contributed by atoms with van der Waals surface area (Å²) < 4.78 is 27.3. The van der Waals surface area contributed by atoms with E-state index in [1.807, 2.05) is 48.5 Å². The Morgan fingerprint density at radius 1 is 0.419 bits per heavy atom. The SMILES string of the molecule is CCCCCOc1c2cc(N)cc1Cc1cc(NC(C)=O)cc(c1OCCCCC)Cc1cc(NC(C)=O)cc(c1OCCCCC)Cc1cc(N)cc(c1OCCCCC)C2. The van der Waals surface area contributed by atoms with Gasteiger partial charge in [-0.25, -0.2) is 0 Å². The monoisotopic (exact) mass is 849 g/mol. The van der Waals surface area contributed by atoms with Crippen molar-refractivity contribution in [3.63, 3.8) is 0 Å². The number of nitrogens with one attached hydrogen (secondary N) is 2. The van der Waals surface area contributed by atoms with Gasteiger partial charge in [0.15, 0.2) is 0 Å². The predicted octanol–water partition coefficient (Wildman–Crippen LogP) is 11.7. The molecule has 8 bridgehead atoms. The highest BCUT2D eigenvalue weighted by Gasteiger charge is 2.25. The van der Waals surface area contributed by atoms with Crippen molar-refractivity contribution >= 4 is 34.6 Å². The summed E-state index contributed by atoms with van der Waals surface area (Å²) in [5, 5.41) is 6.15. The zero-order valence-corrected chi connectivity index (χ0v) is 38.4. The maximum Gasteiger partial charge on any atom is 0.221 e. The molecule has 10 nitrogen and oxygen atoms in total. The number of hydrogen-bond acceptors (Lipinski definition) is 8. The van der Waals surface area contributed by atoms with Crippen molar-refractivity contribution in [3.05, 3.63) is 93.0 Å². The van der Waals surface area contributed by atoms with Crippen molar-refractivity contribution in [2.24, 2.45) is 0 Å². The van der Waals surface area contributed by atoms with E-state index in [-0.39, 0.29) is 11.8 Å². The first-order valence-electron chi connectivity index (χ1n) is 23.2. The molecule has 1 aliphatic carbocycles. The van der Waals surface area contributed by atoms with Crippen LogP contribution in [0.2, 0.25) is 0 Å². The first-order valence-corrected chi connectivity index (χ1v) is 23.2. The molecule has 0 aliphatic heterocycles. The molecule has 1 aliphatic rings. The fourth-order valence-electron chi connectivity index (χ4n) is 8.34. The molecule has 2 amide bonds. The Kier molecular flexibility index (Phi) is 18.7. The number of fused-ring (bicyclic) bond motifs is 8. The molecule has 0 saturated carbocycles. The van der Waals surface area contributed by atoms with E-state index in [1.54, 1.807) is 0 Å². The smallest absolute Gasteiger partial charge is 0.221 e. The summed E-state index contributed by atoms with van der Waals surface area (Å²) in [6.45, 7) is 14.0. The van der Waals surface area contributed by atoms with Gasteiger partial charge in [0.1, 0.15) is 23.0 Å². The minimum atomic E-state index is -0.171. The van der Waals surface area contributed by atoms with Crippen LogP contribution in [0.1, 0.15) is 163 Å². The molecule has 5 rings (SSSR count). The third kappa shape index (κ3) is 13.8. The van der Waals surface area contributed by atoms with Gasteiger partial charge < -0.3 is 41.0 Å². The number of amides is 2. The molecule has 0 aromatic heterocycles. The highest BCUT2D eigenvalue weighted by Crippen LogP contribution is 2.42. The number of nitrogens with two attached hydrogens (primary N) is 2. The van der Waals surface area contributed by atoms with Crippen LogP contribution in [0, 0.1) is 0 Å². The quantitative estimate of drug-likeness (QED) is 0.0398. The van der Waals surface area contributed by atoms with Gasteiger partial charge >= 0.3 is 0 Å². The number of carbonyl (C=O) groups excluding carboxylic acids is 2. The lowest BCUT2D eigenvalue weighted by Gasteiger charge is -2.24. The van der Waals surface area contributed by atoms with Gasteiger partial charge in [0.2, 0.25) is 11.8 Å². The zero-order valence-electron chi connectivity index (χ0n) is 38.4. The lowest BCUT2D eigenvalue weighted by molar-refractivity contribution is -0.115. The van der Waals surface area contributed by atoms with E-state index in [0.29, 0.717) is 74.9 Å². The number of carbonyl (C=O) groups is 2. The van der Waals surface area contributed by atoms with Gasteiger partial charge in [-0.05, 0) is 74.2 Å². The number of rotatable bonds is 22. The van der Waals surface area contributed by atoms with Crippen molar-refractivity contribution in [3.8, 4) is 23.0 Å². The van der Waals surface area contributed by atoms with E-state index >= 15 is 0 Å². The molecule has 0 spiro atoms. The summed E-state index contributed by atoms with van der Waals surface area (Å²) in [4.78, 5) is 25.4. The lowest BCUT2D eigenvalue weighted by atomic mass is 9.90. The number of unbranched alkanes of at least 4 members (excludes halogenated alkanes) is 8. The van der Waals surface area contributed by atoms with Gasteiger partial charge in [-0.2, -0.15) is 0 Å². The topological polar surface area (TPSA) is 147 Å². The molecule has 336 valence electrons. The molecule has 10 heteroatoms. The molecule has 0 heterocycles. The standard InChI is InChI=1S/C52H72N4O6/c1-7-11-15-19-59-49-37-23-38-28-46(54)30-40(50(38)60-20-16-12-8-2)25-42-32-48(56-36(6)58)34-44(52(42)62-22-18-14-10-4)26-43-33-47(55-35(5)57)31-41(24-39(49)29-45(53)27-37)51(43)61-21-17-13-9-3/h27-34H,7-26,53-54H2,1-6H3,(H,55,57)(H,56,58). The van der Waals surface area contributed by atoms with Crippen LogP contribution in [0.3, 0.4) is 0 Å². The Labute approximate surface area is 370 Å². The second kappa shape index (κ2) is 24.3. The van der Waals surface area contributed by atoms with E-state index in [9.17, 15) is 9.59 Å². The average Bonchev–Trinajstić information content (AvgIpc) is 3.20. The van der Waals surface area contributed by atoms with Gasteiger partial charge in [0.25, 0.3) is 0 Å². The second-order valence-corrected chi connectivity index (χ2v) is 16.9. The van der Waals surface area contributed by atoms with Crippen molar-refractivity contribution in [2.75, 3.05) is 48.5 Å². The Morgan fingerprint density at radius 3 is 0.855 bits per heavy atom. The maximum atomic E-state index is 12.7. The molecule has 4 aromatic rings. The number of nitrogen functional groups attached to an aromatic ring is 2. The van der Waals surface area contributed by atoms with E-state index < -0.39 is 0 Å². The molecular formula is C52H72N4O6. The Hall–Kier alpha value is -5.38. The fraction of sp³-hybridized carbons (Fsp3) is 0.500. The summed E-state index contributed by atoms with van der Waals surface area (Å²) in [5.74, 6) is 2.75. The molecule has 4 aromatic carbocycles. The number of benzene rings is 4. The van der Waals surface area contributed by atoms with Crippen LogP contribution in [0.25, 0.3) is 0 Å². The molecule has 0 unspecified atom stereocenters. The van der Waals surface area contributed by atoms with Crippen LogP contribution in [-0.4, -0.2) is 38.2 Å². The summed E-state index contributed by atoms with van der Waals surface area (Å²) in [6.07, 6.45) is 13.8. The van der Waals surface area contributed by atoms with Gasteiger partial charge in [-0.3, -0.25) is 9.59 Å². The number of anilines is 4. The first-order chi connectivity index (χ1) is 30.0. The molecule has 62 heavy (non-hydrogen) atoms. The van der Waals surface area contributed by atoms with Crippen molar-refractivity contribution in [1.82, 2.24) is 0 Å². The van der Waals surface area contributed by atoms with Crippen molar-refractivity contribution in [2.45, 2.75) is 144 Å². The van der Waals surface area contributed by atoms with Crippen molar-refractivity contribution < 1.29 is 28.5 Å². The summed E-state index contributed by atoms with van der Waals surface area (Å²) >= 11 is 0. The molecule has 0 radical (unpaired) electrons. The Bertz CT molecular complexity index is 1970. The fourth-order valence-corrected chi connectivity index (χ4v) is 8.34. The number of ether oxygens (including phenoxy) is 4. The normalized spacial score (nSPS) is 12.1. The lowest BCUT2D eigenvalue weighted by Crippen LogP contribution is -2.13. The summed E-state index contributed by atoms with van der Waals surface area (Å²) in [6, 6.07) is 16.1. The van der Waals surface area contributed by atoms with Crippen LogP contribution < -0.4 is 41.0 Å². The molecule has 6 N–H and O–H groups in total. The van der Waals surface area contributed by atoms with Gasteiger partial charge in [0.05, 0.1) is 26.4 Å². The van der Waals surface area contributed by atoms with Crippen LogP contribution >= 0.6 is 0 Å². The highest BCUT2D eigenvalue weighted by molar-refractivity contribution is 5.90. The minimum Gasteiger partial charge on any atom is -0.493 e. The zero-order chi connectivity index (χ0) is 44.4. The highest BCUT2D eigenvalue weighted by atomic mass is 16.5. The Morgan fingerprint density at radius 2 is 0.645 bits per heavy atom. The van der Waals surface area contributed by atoms with Gasteiger partial charge in [0, 0.05) is 107 Å². The van der Waals surface area contributed by atoms with Crippen LogP contribution in [0.4, 0.5) is 22.7 Å². The van der Waals surface area contributed by atoms with E-state index in [4.69, 9.17) is 30.4 Å². The molecular weight excluding hydrogens is 777 g/mol. The van der Waals surface area contributed by atoms with Crippen molar-refractivity contribution in [1.29, 1.82) is 0 Å². The van der Waals surface area contributed by atoms with Gasteiger partial charge in [-0.1, -0.05) is 79.1 Å². The van der Waals surface area contributed by atoms with E-state index in [0.717, 1.165) is 145 Å². The van der Waals surface area contributed by atoms with Gasteiger partial charge in [-0.15, -0.1) is 0 Å². The third-order valence-corrected chi connectivity index (χ3v) is 11.2. The second-order valence-electron chi connectivity index (χ2n) is 16.9. The average molecular weight is 849 g/mol. The molecule has 0 fully saturated rings. The Balaban J connectivity index is 1.86. The summed E-state index contributed by atoms with van der Waals surface area (Å²) in [7, 11) is 0. The maximum absolute atomic E-state index is 12.7. The largest absolute Gasteiger partial charge is 0.493 e. The third-order valence-electron chi connectivity index (χ3n) is 11.2. The van der Waals surface area contributed by atoms with E-state index in [2.05, 4.69) is 38.3 Å². The molecule has 0 atom stereocenters. The van der Waals surface area contributed by atoms with Crippen LogP contribution in [0.15, 0.2) is 48.5 Å². The van der Waals surface area contributed by atoms with E-state index in [1.165, 1.54) is 13.8 Å². The summed E-state index contributed by atoms with van der Waals surface area (Å²) in [5.41, 5.74) is 23.5. The first kappa shape index (κ1) is 47.7.